The van der Waals surface area contributed by atoms with Crippen molar-refractivity contribution in [3.8, 4) is 0 Å². The number of para-hydroxylation sites is 1. The molecule has 2 aromatic carbocycles. The van der Waals surface area contributed by atoms with Crippen molar-refractivity contribution in [3.05, 3.63) is 65.5 Å². The van der Waals surface area contributed by atoms with Gasteiger partial charge in [0.05, 0.1) is 6.04 Å². The SMILES string of the molecule is CCCc1ccccc1NC(CC)c1cccc(F)c1. The Hall–Kier alpha value is -1.83. The zero-order valence-electron chi connectivity index (χ0n) is 12.2. The fourth-order valence-corrected chi connectivity index (χ4v) is 2.48. The molecule has 0 fully saturated rings. The van der Waals surface area contributed by atoms with Crippen LogP contribution in [0.15, 0.2) is 48.5 Å². The van der Waals surface area contributed by atoms with Crippen LogP contribution in [0, 0.1) is 5.82 Å². The summed E-state index contributed by atoms with van der Waals surface area (Å²) in [6.45, 7) is 4.30. The number of nitrogens with one attached hydrogen (secondary N) is 1. The van der Waals surface area contributed by atoms with E-state index in [0.29, 0.717) is 0 Å². The summed E-state index contributed by atoms with van der Waals surface area (Å²) in [5.41, 5.74) is 3.48. The lowest BCUT2D eigenvalue weighted by Crippen LogP contribution is -2.11. The summed E-state index contributed by atoms with van der Waals surface area (Å²) in [6, 6.07) is 15.4. The standard InChI is InChI=1S/C18H22FN/c1-3-8-14-9-5-6-12-18(14)20-17(4-2)15-10-7-11-16(19)13-15/h5-7,9-13,17,20H,3-4,8H2,1-2H3. The molecule has 1 nitrogen and oxygen atoms in total. The second-order valence-corrected chi connectivity index (χ2v) is 5.07. The Morgan fingerprint density at radius 3 is 2.55 bits per heavy atom. The Morgan fingerprint density at radius 2 is 1.85 bits per heavy atom. The van der Waals surface area contributed by atoms with E-state index in [0.717, 1.165) is 30.5 Å². The summed E-state index contributed by atoms with van der Waals surface area (Å²) >= 11 is 0. The van der Waals surface area contributed by atoms with Crippen molar-refractivity contribution < 1.29 is 4.39 Å². The smallest absolute Gasteiger partial charge is 0.123 e. The van der Waals surface area contributed by atoms with Crippen LogP contribution in [0.4, 0.5) is 10.1 Å². The third kappa shape index (κ3) is 3.60. The van der Waals surface area contributed by atoms with Gasteiger partial charge in [0.1, 0.15) is 5.82 Å². The fraction of sp³-hybridized carbons (Fsp3) is 0.333. The Balaban J connectivity index is 2.22. The van der Waals surface area contributed by atoms with Crippen molar-refractivity contribution in [3.63, 3.8) is 0 Å². The Morgan fingerprint density at radius 1 is 1.05 bits per heavy atom. The highest BCUT2D eigenvalue weighted by Crippen LogP contribution is 2.26. The molecule has 0 amide bonds. The lowest BCUT2D eigenvalue weighted by atomic mass is 10.0. The molecule has 0 aromatic heterocycles. The van der Waals surface area contributed by atoms with Gasteiger partial charge in [0.2, 0.25) is 0 Å². The lowest BCUT2D eigenvalue weighted by Gasteiger charge is -2.21. The van der Waals surface area contributed by atoms with Gasteiger partial charge in [-0.15, -0.1) is 0 Å². The zero-order chi connectivity index (χ0) is 14.4. The first kappa shape index (κ1) is 14.6. The molecule has 2 heteroatoms. The van der Waals surface area contributed by atoms with Gasteiger partial charge in [-0.05, 0) is 42.2 Å². The molecule has 0 spiro atoms. The van der Waals surface area contributed by atoms with Gasteiger partial charge in [0.15, 0.2) is 0 Å². The number of halogens is 1. The van der Waals surface area contributed by atoms with E-state index in [-0.39, 0.29) is 11.9 Å². The van der Waals surface area contributed by atoms with Gasteiger partial charge in [0, 0.05) is 5.69 Å². The molecular formula is C18H22FN. The highest BCUT2D eigenvalue weighted by Gasteiger charge is 2.11. The molecule has 1 atom stereocenters. The molecule has 0 saturated carbocycles. The molecule has 2 aromatic rings. The summed E-state index contributed by atoms with van der Waals surface area (Å²) in [6.07, 6.45) is 3.10. The molecule has 0 aliphatic rings. The predicted molar refractivity (Wildman–Crippen MR) is 83.5 cm³/mol. The monoisotopic (exact) mass is 271 g/mol. The maximum absolute atomic E-state index is 13.4. The molecule has 1 N–H and O–H groups in total. The summed E-state index contributed by atoms with van der Waals surface area (Å²) in [4.78, 5) is 0. The van der Waals surface area contributed by atoms with Gasteiger partial charge in [-0.3, -0.25) is 0 Å². The van der Waals surface area contributed by atoms with Gasteiger partial charge in [-0.2, -0.15) is 0 Å². The van der Waals surface area contributed by atoms with Crippen LogP contribution >= 0.6 is 0 Å². The van der Waals surface area contributed by atoms with Crippen LogP contribution in [0.25, 0.3) is 0 Å². The minimum Gasteiger partial charge on any atom is -0.378 e. The van der Waals surface area contributed by atoms with Crippen molar-refractivity contribution in [2.45, 2.75) is 39.2 Å². The maximum atomic E-state index is 13.4. The van der Waals surface area contributed by atoms with Crippen molar-refractivity contribution in [2.75, 3.05) is 5.32 Å². The van der Waals surface area contributed by atoms with Crippen molar-refractivity contribution in [1.29, 1.82) is 0 Å². The average Bonchev–Trinajstić information content (AvgIpc) is 2.46. The van der Waals surface area contributed by atoms with E-state index in [9.17, 15) is 4.39 Å². The highest BCUT2D eigenvalue weighted by atomic mass is 19.1. The minimum atomic E-state index is -0.176. The Kier molecular flexibility index (Phi) is 5.16. The largest absolute Gasteiger partial charge is 0.378 e. The molecule has 0 heterocycles. The van der Waals surface area contributed by atoms with E-state index in [1.807, 2.05) is 12.1 Å². The van der Waals surface area contributed by atoms with Gasteiger partial charge >= 0.3 is 0 Å². The number of benzene rings is 2. The second-order valence-electron chi connectivity index (χ2n) is 5.07. The van der Waals surface area contributed by atoms with Gasteiger partial charge in [-0.25, -0.2) is 4.39 Å². The van der Waals surface area contributed by atoms with E-state index in [1.54, 1.807) is 12.1 Å². The number of aryl methyl sites for hydroxylation is 1. The predicted octanol–water partition coefficient (Wildman–Crippen LogP) is 5.34. The molecule has 106 valence electrons. The van der Waals surface area contributed by atoms with Crippen LogP contribution in [-0.2, 0) is 6.42 Å². The Labute approximate surface area is 120 Å². The van der Waals surface area contributed by atoms with Crippen molar-refractivity contribution in [1.82, 2.24) is 0 Å². The highest BCUT2D eigenvalue weighted by molar-refractivity contribution is 5.52. The summed E-state index contributed by atoms with van der Waals surface area (Å²) < 4.78 is 13.4. The first-order chi connectivity index (χ1) is 9.74. The summed E-state index contributed by atoms with van der Waals surface area (Å²) in [5, 5.41) is 3.56. The molecule has 20 heavy (non-hydrogen) atoms. The van der Waals surface area contributed by atoms with Gasteiger partial charge in [0.25, 0.3) is 0 Å². The van der Waals surface area contributed by atoms with E-state index < -0.39 is 0 Å². The lowest BCUT2D eigenvalue weighted by molar-refractivity contribution is 0.620. The van der Waals surface area contributed by atoms with Crippen LogP contribution in [0.2, 0.25) is 0 Å². The molecule has 0 aliphatic carbocycles. The molecule has 0 bridgehead atoms. The van der Waals surface area contributed by atoms with Crippen LogP contribution < -0.4 is 5.32 Å². The fourth-order valence-electron chi connectivity index (χ4n) is 2.48. The van der Waals surface area contributed by atoms with E-state index in [2.05, 4.69) is 37.4 Å². The van der Waals surface area contributed by atoms with Crippen molar-refractivity contribution >= 4 is 5.69 Å². The Bertz CT molecular complexity index is 551. The van der Waals surface area contributed by atoms with E-state index in [4.69, 9.17) is 0 Å². The maximum Gasteiger partial charge on any atom is 0.123 e. The van der Waals surface area contributed by atoms with Crippen LogP contribution in [0.3, 0.4) is 0 Å². The third-order valence-corrected chi connectivity index (χ3v) is 3.53. The quantitative estimate of drug-likeness (QED) is 0.747. The average molecular weight is 271 g/mol. The van der Waals surface area contributed by atoms with E-state index in [1.165, 1.54) is 11.6 Å². The molecule has 1 unspecified atom stereocenters. The van der Waals surface area contributed by atoms with Crippen LogP contribution in [-0.4, -0.2) is 0 Å². The second kappa shape index (κ2) is 7.09. The molecule has 0 radical (unpaired) electrons. The number of hydrogen-bond acceptors (Lipinski definition) is 1. The normalized spacial score (nSPS) is 12.2. The van der Waals surface area contributed by atoms with Gasteiger partial charge < -0.3 is 5.32 Å². The van der Waals surface area contributed by atoms with Crippen molar-refractivity contribution in [2.24, 2.45) is 0 Å². The van der Waals surface area contributed by atoms with E-state index >= 15 is 0 Å². The third-order valence-electron chi connectivity index (χ3n) is 3.53. The first-order valence-corrected chi connectivity index (χ1v) is 7.34. The number of rotatable bonds is 6. The summed E-state index contributed by atoms with van der Waals surface area (Å²) in [7, 11) is 0. The summed E-state index contributed by atoms with van der Waals surface area (Å²) in [5.74, 6) is -0.176. The van der Waals surface area contributed by atoms with Crippen LogP contribution in [0.5, 0.6) is 0 Å². The zero-order valence-corrected chi connectivity index (χ0v) is 12.2. The molecule has 2 rings (SSSR count). The first-order valence-electron chi connectivity index (χ1n) is 7.34. The minimum absolute atomic E-state index is 0.142. The molecular weight excluding hydrogens is 249 g/mol. The number of hydrogen-bond donors (Lipinski definition) is 1. The molecule has 0 aliphatic heterocycles. The van der Waals surface area contributed by atoms with Crippen LogP contribution in [0.1, 0.15) is 43.9 Å². The van der Waals surface area contributed by atoms with Gasteiger partial charge in [-0.1, -0.05) is 50.6 Å². The topological polar surface area (TPSA) is 12.0 Å². The molecule has 0 saturated heterocycles. The number of anilines is 1.